The summed E-state index contributed by atoms with van der Waals surface area (Å²) >= 11 is 1.54. The van der Waals surface area contributed by atoms with Crippen LogP contribution in [0.15, 0.2) is 46.3 Å². The Balaban J connectivity index is 1.76. The molecule has 0 saturated carbocycles. The molecule has 2 heterocycles. The van der Waals surface area contributed by atoms with Crippen molar-refractivity contribution in [3.8, 4) is 10.6 Å². The molecule has 0 aliphatic rings. The van der Waals surface area contributed by atoms with Crippen molar-refractivity contribution in [1.29, 1.82) is 0 Å². The van der Waals surface area contributed by atoms with Crippen LogP contribution in [0.1, 0.15) is 29.8 Å². The lowest BCUT2D eigenvalue weighted by atomic mass is 10.1. The number of ether oxygens (including phenoxy) is 1. The van der Waals surface area contributed by atoms with E-state index in [2.05, 4.69) is 10.5 Å². The average molecular weight is 342 g/mol. The molecule has 3 rings (SSSR count). The van der Waals surface area contributed by atoms with Crippen molar-refractivity contribution < 1.29 is 14.1 Å². The maximum absolute atomic E-state index is 12.3. The number of carbonyl (C=O) groups excluding carboxylic acids is 1. The van der Waals surface area contributed by atoms with Gasteiger partial charge in [-0.25, -0.2) is 4.79 Å². The summed E-state index contributed by atoms with van der Waals surface area (Å²) in [7, 11) is 0. The number of nitrogens with zero attached hydrogens (tertiary/aromatic N) is 1. The summed E-state index contributed by atoms with van der Waals surface area (Å²) in [6.45, 7) is 5.61. The Morgan fingerprint density at radius 2 is 2.00 bits per heavy atom. The zero-order chi connectivity index (χ0) is 17.1. The highest BCUT2D eigenvalue weighted by Gasteiger charge is 2.21. The van der Waals surface area contributed by atoms with Crippen LogP contribution < -0.4 is 5.32 Å². The summed E-state index contributed by atoms with van der Waals surface area (Å²) < 4.78 is 10.9. The predicted molar refractivity (Wildman–Crippen MR) is 94.3 cm³/mol. The molecule has 1 N–H and O–H groups in total. The van der Waals surface area contributed by atoms with Crippen LogP contribution >= 0.6 is 11.3 Å². The van der Waals surface area contributed by atoms with Crippen LogP contribution in [-0.4, -0.2) is 11.2 Å². The van der Waals surface area contributed by atoms with E-state index < -0.39 is 6.09 Å². The fraction of sp³-hybridized carbons (Fsp3) is 0.222. The Kier molecular flexibility index (Phi) is 4.66. The van der Waals surface area contributed by atoms with Gasteiger partial charge in [0.2, 0.25) is 5.76 Å². The lowest BCUT2D eigenvalue weighted by molar-refractivity contribution is 0.121. The van der Waals surface area contributed by atoms with E-state index in [0.717, 1.165) is 16.0 Å². The molecule has 0 radical (unpaired) electrons. The quantitative estimate of drug-likeness (QED) is 0.696. The van der Waals surface area contributed by atoms with Crippen LogP contribution in [0.5, 0.6) is 0 Å². The molecule has 1 unspecified atom stereocenters. The van der Waals surface area contributed by atoms with Crippen LogP contribution in [0.4, 0.5) is 10.5 Å². The van der Waals surface area contributed by atoms with E-state index >= 15 is 0 Å². The standard InChI is InChI=1S/C18H18N2O3S/c1-11-9-10-24-17(11)16-15(12(2)20-23-16)19-18(21)22-13(3)14-7-5-4-6-8-14/h4-10,13H,1-3H3,(H,19,21). The smallest absolute Gasteiger partial charge is 0.412 e. The van der Waals surface area contributed by atoms with Gasteiger partial charge in [-0.15, -0.1) is 11.3 Å². The molecule has 0 saturated heterocycles. The van der Waals surface area contributed by atoms with Crippen molar-refractivity contribution in [1.82, 2.24) is 5.16 Å². The Hall–Kier alpha value is -2.60. The third kappa shape index (κ3) is 3.33. The average Bonchev–Trinajstić information content (AvgIpc) is 3.14. The summed E-state index contributed by atoms with van der Waals surface area (Å²) in [5.74, 6) is 0.560. The van der Waals surface area contributed by atoms with E-state index in [1.807, 2.05) is 55.6 Å². The molecule has 0 bridgehead atoms. The van der Waals surface area contributed by atoms with Crippen LogP contribution in [-0.2, 0) is 4.74 Å². The summed E-state index contributed by atoms with van der Waals surface area (Å²) in [6, 6.07) is 11.6. The van der Waals surface area contributed by atoms with Gasteiger partial charge in [0.15, 0.2) is 0 Å². The van der Waals surface area contributed by atoms with Crippen LogP contribution in [0.2, 0.25) is 0 Å². The van der Waals surface area contributed by atoms with E-state index in [1.54, 1.807) is 18.3 Å². The maximum atomic E-state index is 12.3. The molecule has 0 spiro atoms. The topological polar surface area (TPSA) is 64.4 Å². The second kappa shape index (κ2) is 6.88. The monoisotopic (exact) mass is 342 g/mol. The van der Waals surface area contributed by atoms with Gasteiger partial charge in [-0.05, 0) is 43.3 Å². The molecule has 1 atom stereocenters. The molecule has 6 heteroatoms. The first-order valence-electron chi connectivity index (χ1n) is 7.59. The number of amides is 1. The molecule has 0 aliphatic carbocycles. The number of hydrogen-bond acceptors (Lipinski definition) is 5. The largest absolute Gasteiger partial charge is 0.441 e. The van der Waals surface area contributed by atoms with Gasteiger partial charge in [0, 0.05) is 0 Å². The van der Waals surface area contributed by atoms with Crippen molar-refractivity contribution in [2.24, 2.45) is 0 Å². The Labute approximate surface area is 144 Å². The van der Waals surface area contributed by atoms with Crippen molar-refractivity contribution >= 4 is 23.1 Å². The molecule has 5 nitrogen and oxygen atoms in total. The van der Waals surface area contributed by atoms with Gasteiger partial charge in [0.05, 0.1) is 4.88 Å². The number of hydrogen-bond donors (Lipinski definition) is 1. The third-order valence-corrected chi connectivity index (χ3v) is 4.73. The van der Waals surface area contributed by atoms with Crippen molar-refractivity contribution in [2.75, 3.05) is 5.32 Å². The molecule has 1 aromatic carbocycles. The first kappa shape index (κ1) is 16.3. The molecule has 0 fully saturated rings. The van der Waals surface area contributed by atoms with E-state index in [0.29, 0.717) is 17.1 Å². The Morgan fingerprint density at radius 3 is 2.67 bits per heavy atom. The maximum Gasteiger partial charge on any atom is 0.412 e. The van der Waals surface area contributed by atoms with Crippen molar-refractivity contribution in [2.45, 2.75) is 26.9 Å². The molecular formula is C18H18N2O3S. The Morgan fingerprint density at radius 1 is 1.25 bits per heavy atom. The summed E-state index contributed by atoms with van der Waals surface area (Å²) in [6.07, 6.45) is -0.883. The third-order valence-electron chi connectivity index (χ3n) is 3.71. The SMILES string of the molecule is Cc1ccsc1-c1onc(C)c1NC(=O)OC(C)c1ccccc1. The number of carbonyl (C=O) groups is 1. The van der Waals surface area contributed by atoms with Crippen LogP contribution in [0.3, 0.4) is 0 Å². The normalized spacial score (nSPS) is 12.0. The summed E-state index contributed by atoms with van der Waals surface area (Å²) in [5, 5.41) is 8.70. The van der Waals surface area contributed by atoms with E-state index in [4.69, 9.17) is 9.26 Å². The van der Waals surface area contributed by atoms with Crippen LogP contribution in [0.25, 0.3) is 10.6 Å². The minimum atomic E-state index is -0.534. The van der Waals surface area contributed by atoms with Gasteiger partial charge in [-0.3, -0.25) is 5.32 Å². The van der Waals surface area contributed by atoms with Crippen molar-refractivity contribution in [3.05, 3.63) is 58.6 Å². The second-order valence-electron chi connectivity index (χ2n) is 5.49. The Bertz CT molecular complexity index is 839. The van der Waals surface area contributed by atoms with E-state index in [-0.39, 0.29) is 6.10 Å². The second-order valence-corrected chi connectivity index (χ2v) is 6.40. The molecule has 2 aromatic heterocycles. The van der Waals surface area contributed by atoms with Gasteiger partial charge >= 0.3 is 6.09 Å². The highest BCUT2D eigenvalue weighted by Crippen LogP contribution is 2.36. The van der Waals surface area contributed by atoms with Crippen LogP contribution in [0, 0.1) is 13.8 Å². The lowest BCUT2D eigenvalue weighted by Gasteiger charge is -2.14. The fourth-order valence-corrected chi connectivity index (χ4v) is 3.27. The van der Waals surface area contributed by atoms with Gasteiger partial charge < -0.3 is 9.26 Å². The van der Waals surface area contributed by atoms with Gasteiger partial charge in [-0.2, -0.15) is 0 Å². The number of rotatable bonds is 4. The molecule has 24 heavy (non-hydrogen) atoms. The minimum Gasteiger partial charge on any atom is -0.441 e. The molecule has 1 amide bonds. The zero-order valence-electron chi connectivity index (χ0n) is 13.7. The highest BCUT2D eigenvalue weighted by atomic mass is 32.1. The fourth-order valence-electron chi connectivity index (χ4n) is 2.36. The summed E-state index contributed by atoms with van der Waals surface area (Å²) in [4.78, 5) is 13.2. The number of anilines is 1. The van der Waals surface area contributed by atoms with Gasteiger partial charge in [-0.1, -0.05) is 35.5 Å². The first-order valence-corrected chi connectivity index (χ1v) is 8.47. The number of thiophene rings is 1. The number of aryl methyl sites for hydroxylation is 2. The minimum absolute atomic E-state index is 0.349. The summed E-state index contributed by atoms with van der Waals surface area (Å²) in [5.41, 5.74) is 3.17. The van der Waals surface area contributed by atoms with Crippen molar-refractivity contribution in [3.63, 3.8) is 0 Å². The van der Waals surface area contributed by atoms with E-state index in [1.165, 1.54) is 0 Å². The molecule has 3 aromatic rings. The molecular weight excluding hydrogens is 324 g/mol. The number of nitrogens with one attached hydrogen (secondary N) is 1. The highest BCUT2D eigenvalue weighted by molar-refractivity contribution is 7.13. The first-order chi connectivity index (χ1) is 11.6. The molecule has 0 aliphatic heterocycles. The molecule has 124 valence electrons. The number of benzene rings is 1. The van der Waals surface area contributed by atoms with Gasteiger partial charge in [0.1, 0.15) is 17.5 Å². The van der Waals surface area contributed by atoms with Gasteiger partial charge in [0.25, 0.3) is 0 Å². The lowest BCUT2D eigenvalue weighted by Crippen LogP contribution is -2.16. The number of aromatic nitrogens is 1. The van der Waals surface area contributed by atoms with E-state index in [9.17, 15) is 4.79 Å². The zero-order valence-corrected chi connectivity index (χ0v) is 14.5. The predicted octanol–water partition coefficient (Wildman–Crippen LogP) is 5.33.